The summed E-state index contributed by atoms with van der Waals surface area (Å²) in [5.41, 5.74) is 0. The standard InChI is InChI=1S/C51H96O4/c1-3-5-7-9-18-30-38-46-42-48(46)40-32-24-22-28-36-44(50(52)53)34-26-20-16-14-12-11-13-15-17-21-27-35-45(51(54)55)37-29-23-25-33-41-49-43-47(49)39-31-19-10-8-6-4-2/h44-49H,3-43H2,1-2H3,(H,52,53)(H,54,55). The zero-order valence-corrected chi connectivity index (χ0v) is 37.2. The number of hydrogen-bond donors (Lipinski definition) is 2. The van der Waals surface area contributed by atoms with E-state index in [2.05, 4.69) is 13.8 Å². The van der Waals surface area contributed by atoms with Crippen molar-refractivity contribution in [1.82, 2.24) is 0 Å². The van der Waals surface area contributed by atoms with Crippen molar-refractivity contribution < 1.29 is 19.8 Å². The lowest BCUT2D eigenvalue weighted by molar-refractivity contribution is -0.143. The Bertz CT molecular complexity index is 816. The Morgan fingerprint density at radius 2 is 0.545 bits per heavy atom. The first-order valence-electron chi connectivity index (χ1n) is 25.4. The third-order valence-corrected chi connectivity index (χ3v) is 14.1. The molecule has 2 fully saturated rings. The number of carbonyl (C=O) groups is 2. The summed E-state index contributed by atoms with van der Waals surface area (Å²) >= 11 is 0. The van der Waals surface area contributed by atoms with Crippen LogP contribution in [0.15, 0.2) is 0 Å². The van der Waals surface area contributed by atoms with Gasteiger partial charge in [0.25, 0.3) is 0 Å². The van der Waals surface area contributed by atoms with Gasteiger partial charge in [-0.25, -0.2) is 0 Å². The maximum atomic E-state index is 11.8. The zero-order valence-electron chi connectivity index (χ0n) is 37.2. The van der Waals surface area contributed by atoms with E-state index in [1.165, 1.54) is 212 Å². The van der Waals surface area contributed by atoms with Gasteiger partial charge < -0.3 is 10.2 Å². The molecule has 4 nitrogen and oxygen atoms in total. The monoisotopic (exact) mass is 773 g/mol. The van der Waals surface area contributed by atoms with Crippen LogP contribution in [0.1, 0.15) is 277 Å². The van der Waals surface area contributed by atoms with Crippen molar-refractivity contribution in [3.8, 4) is 0 Å². The summed E-state index contributed by atoms with van der Waals surface area (Å²) in [6.07, 6.45) is 52.5. The normalized spacial score (nSPS) is 20.1. The largest absolute Gasteiger partial charge is 0.481 e. The molecule has 0 radical (unpaired) electrons. The lowest BCUT2D eigenvalue weighted by Crippen LogP contribution is -2.13. The highest BCUT2D eigenvalue weighted by Crippen LogP contribution is 2.46. The molecule has 0 aromatic carbocycles. The summed E-state index contributed by atoms with van der Waals surface area (Å²) in [5, 5.41) is 19.5. The van der Waals surface area contributed by atoms with Gasteiger partial charge in [-0.1, -0.05) is 239 Å². The van der Waals surface area contributed by atoms with Crippen LogP contribution in [0.4, 0.5) is 0 Å². The first-order chi connectivity index (χ1) is 27.0. The van der Waals surface area contributed by atoms with Crippen LogP contribution < -0.4 is 0 Å². The van der Waals surface area contributed by atoms with E-state index in [4.69, 9.17) is 0 Å². The highest BCUT2D eigenvalue weighted by atomic mass is 16.4. The number of aliphatic carboxylic acids is 2. The van der Waals surface area contributed by atoms with Crippen molar-refractivity contribution in [2.45, 2.75) is 277 Å². The van der Waals surface area contributed by atoms with Gasteiger partial charge in [-0.2, -0.15) is 0 Å². The van der Waals surface area contributed by atoms with Gasteiger partial charge in [0.15, 0.2) is 0 Å². The summed E-state index contributed by atoms with van der Waals surface area (Å²) in [7, 11) is 0. The molecule has 2 rings (SSSR count). The summed E-state index contributed by atoms with van der Waals surface area (Å²) in [6, 6.07) is 0. The predicted octanol–water partition coefficient (Wildman–Crippen LogP) is 16.9. The Kier molecular flexibility index (Phi) is 31.8. The summed E-state index contributed by atoms with van der Waals surface area (Å²) in [5.74, 6) is 2.67. The number of carboxylic acids is 2. The summed E-state index contributed by atoms with van der Waals surface area (Å²) < 4.78 is 0. The van der Waals surface area contributed by atoms with Crippen LogP contribution in [0.2, 0.25) is 0 Å². The molecule has 0 aromatic heterocycles. The minimum atomic E-state index is -0.574. The smallest absolute Gasteiger partial charge is 0.306 e. The Morgan fingerprint density at radius 1 is 0.345 bits per heavy atom. The van der Waals surface area contributed by atoms with Crippen molar-refractivity contribution in [1.29, 1.82) is 0 Å². The van der Waals surface area contributed by atoms with Gasteiger partial charge >= 0.3 is 11.9 Å². The maximum Gasteiger partial charge on any atom is 0.306 e. The van der Waals surface area contributed by atoms with Crippen LogP contribution in [-0.2, 0) is 9.59 Å². The molecule has 0 amide bonds. The Balaban J connectivity index is 1.30. The first kappa shape index (κ1) is 50.1. The average Bonchev–Trinajstić information content (AvgIpc) is 4.10. The van der Waals surface area contributed by atoms with Crippen LogP contribution in [0.3, 0.4) is 0 Å². The molecule has 6 unspecified atom stereocenters. The van der Waals surface area contributed by atoms with Gasteiger partial charge in [-0.3, -0.25) is 9.59 Å². The topological polar surface area (TPSA) is 74.6 Å². The van der Waals surface area contributed by atoms with E-state index in [0.29, 0.717) is 0 Å². The predicted molar refractivity (Wildman–Crippen MR) is 237 cm³/mol. The number of carboxylic acid groups (broad SMARTS) is 2. The fourth-order valence-corrected chi connectivity index (χ4v) is 9.87. The van der Waals surface area contributed by atoms with Crippen LogP contribution >= 0.6 is 0 Å². The van der Waals surface area contributed by atoms with Crippen molar-refractivity contribution in [3.05, 3.63) is 0 Å². The van der Waals surface area contributed by atoms with E-state index in [0.717, 1.165) is 75.0 Å². The molecular formula is C51H96O4. The highest BCUT2D eigenvalue weighted by molar-refractivity contribution is 5.70. The summed E-state index contributed by atoms with van der Waals surface area (Å²) in [4.78, 5) is 23.7. The quantitative estimate of drug-likeness (QED) is 0.0605. The molecule has 0 heterocycles. The third kappa shape index (κ3) is 28.9. The van der Waals surface area contributed by atoms with Gasteiger partial charge in [0.05, 0.1) is 11.8 Å². The molecule has 4 heteroatoms. The zero-order chi connectivity index (χ0) is 39.6. The van der Waals surface area contributed by atoms with Crippen LogP contribution in [0, 0.1) is 35.5 Å². The molecule has 2 aliphatic rings. The Morgan fingerprint density at radius 3 is 0.764 bits per heavy atom. The van der Waals surface area contributed by atoms with Crippen LogP contribution in [-0.4, -0.2) is 22.2 Å². The van der Waals surface area contributed by atoms with Crippen molar-refractivity contribution in [2.24, 2.45) is 35.5 Å². The van der Waals surface area contributed by atoms with Crippen molar-refractivity contribution in [3.63, 3.8) is 0 Å². The van der Waals surface area contributed by atoms with Crippen LogP contribution in [0.5, 0.6) is 0 Å². The van der Waals surface area contributed by atoms with Gasteiger partial charge in [0.2, 0.25) is 0 Å². The van der Waals surface area contributed by atoms with E-state index in [1.807, 2.05) is 0 Å². The van der Waals surface area contributed by atoms with Gasteiger partial charge in [-0.05, 0) is 62.2 Å². The average molecular weight is 773 g/mol. The number of hydrogen-bond acceptors (Lipinski definition) is 2. The molecular weight excluding hydrogens is 677 g/mol. The molecule has 0 aliphatic heterocycles. The second-order valence-electron chi connectivity index (χ2n) is 19.1. The van der Waals surface area contributed by atoms with Crippen molar-refractivity contribution in [2.75, 3.05) is 0 Å². The molecule has 2 saturated carbocycles. The van der Waals surface area contributed by atoms with E-state index in [9.17, 15) is 19.8 Å². The molecule has 0 spiro atoms. The fourth-order valence-electron chi connectivity index (χ4n) is 9.87. The van der Waals surface area contributed by atoms with Crippen molar-refractivity contribution >= 4 is 11.9 Å². The molecule has 2 aliphatic carbocycles. The highest BCUT2D eigenvalue weighted by Gasteiger charge is 2.35. The fraction of sp³-hybridized carbons (Fsp3) is 0.961. The molecule has 0 saturated heterocycles. The van der Waals surface area contributed by atoms with E-state index < -0.39 is 11.9 Å². The minimum Gasteiger partial charge on any atom is -0.481 e. The summed E-state index contributed by atoms with van der Waals surface area (Å²) in [6.45, 7) is 4.58. The minimum absolute atomic E-state index is 0.134. The molecule has 0 aromatic rings. The number of unbranched alkanes of at least 4 members (excludes halogenated alkanes) is 26. The van der Waals surface area contributed by atoms with Gasteiger partial charge in [0, 0.05) is 0 Å². The lowest BCUT2D eigenvalue weighted by atomic mass is 9.94. The van der Waals surface area contributed by atoms with Gasteiger partial charge in [0.1, 0.15) is 0 Å². The third-order valence-electron chi connectivity index (χ3n) is 14.1. The Hall–Kier alpha value is -1.06. The number of rotatable bonds is 44. The van der Waals surface area contributed by atoms with Gasteiger partial charge in [-0.15, -0.1) is 0 Å². The van der Waals surface area contributed by atoms with E-state index in [1.54, 1.807) is 0 Å². The molecule has 2 N–H and O–H groups in total. The lowest BCUT2D eigenvalue weighted by Gasteiger charge is -2.12. The second kappa shape index (κ2) is 34.9. The molecule has 6 atom stereocenters. The molecule has 55 heavy (non-hydrogen) atoms. The van der Waals surface area contributed by atoms with Crippen LogP contribution in [0.25, 0.3) is 0 Å². The molecule has 0 bridgehead atoms. The second-order valence-corrected chi connectivity index (χ2v) is 19.1. The van der Waals surface area contributed by atoms with E-state index >= 15 is 0 Å². The Labute approximate surface area is 343 Å². The molecule has 324 valence electrons. The van der Waals surface area contributed by atoms with E-state index in [-0.39, 0.29) is 11.8 Å². The first-order valence-corrected chi connectivity index (χ1v) is 25.4. The maximum absolute atomic E-state index is 11.8. The SMILES string of the molecule is CCCCCCCCC1CC1CCCCCCC(CCCCCCCCCCCCCC(CCCCCCC1CC1CCCCCCCC)C(=O)O)C(=O)O.